The average Bonchev–Trinajstić information content (AvgIpc) is 2.77. The van der Waals surface area contributed by atoms with Gasteiger partial charge in [0.1, 0.15) is 0 Å². The van der Waals surface area contributed by atoms with Crippen molar-refractivity contribution in [3.8, 4) is 0 Å². The van der Waals surface area contributed by atoms with Crippen LogP contribution in [0.15, 0.2) is 18.2 Å². The van der Waals surface area contributed by atoms with Gasteiger partial charge in [0, 0.05) is 25.7 Å². The van der Waals surface area contributed by atoms with Gasteiger partial charge in [-0.15, -0.1) is 0 Å². The van der Waals surface area contributed by atoms with Crippen LogP contribution in [0.1, 0.15) is 42.0 Å². The highest BCUT2D eigenvalue weighted by molar-refractivity contribution is 5.30. The molecule has 1 aromatic carbocycles. The Morgan fingerprint density at radius 2 is 1.76 bits per heavy atom. The van der Waals surface area contributed by atoms with E-state index in [1.165, 1.54) is 36.0 Å². The Labute approximate surface area is 128 Å². The summed E-state index contributed by atoms with van der Waals surface area (Å²) in [5, 5.41) is 3.49. The van der Waals surface area contributed by atoms with Gasteiger partial charge < -0.3 is 10.1 Å². The van der Waals surface area contributed by atoms with Crippen LogP contribution >= 0.6 is 0 Å². The second kappa shape index (κ2) is 6.47. The number of hydrogen-bond donors (Lipinski definition) is 1. The molecule has 0 amide bonds. The van der Waals surface area contributed by atoms with Gasteiger partial charge in [-0.05, 0) is 45.7 Å². The highest BCUT2D eigenvalue weighted by Crippen LogP contribution is 2.27. The largest absolute Gasteiger partial charge is 0.372 e. The Morgan fingerprint density at radius 1 is 1.14 bits per heavy atom. The number of morpholine rings is 1. The van der Waals surface area contributed by atoms with Gasteiger partial charge in [0.2, 0.25) is 0 Å². The van der Waals surface area contributed by atoms with E-state index in [1.54, 1.807) is 0 Å². The molecule has 3 atom stereocenters. The van der Waals surface area contributed by atoms with E-state index >= 15 is 0 Å². The monoisotopic (exact) mass is 288 g/mol. The Morgan fingerprint density at radius 3 is 2.33 bits per heavy atom. The number of nitrogens with zero attached hydrogens (tertiary/aromatic N) is 1. The lowest BCUT2D eigenvalue weighted by Gasteiger charge is -2.33. The fourth-order valence-electron chi connectivity index (χ4n) is 3.88. The lowest BCUT2D eigenvalue weighted by molar-refractivity contribution is -0.0390. The van der Waals surface area contributed by atoms with Crippen molar-refractivity contribution in [2.24, 2.45) is 0 Å². The van der Waals surface area contributed by atoms with Crippen molar-refractivity contribution < 1.29 is 4.74 Å². The van der Waals surface area contributed by atoms with E-state index in [4.69, 9.17) is 4.74 Å². The minimum Gasteiger partial charge on any atom is -0.372 e. The van der Waals surface area contributed by atoms with Crippen LogP contribution in [0.4, 0.5) is 0 Å². The Kier molecular flexibility index (Phi) is 4.63. The topological polar surface area (TPSA) is 24.5 Å². The van der Waals surface area contributed by atoms with Gasteiger partial charge in [-0.2, -0.15) is 0 Å². The molecule has 3 nitrogen and oxygen atoms in total. The molecule has 3 heteroatoms. The highest BCUT2D eigenvalue weighted by Gasteiger charge is 2.33. The first-order valence-corrected chi connectivity index (χ1v) is 8.27. The third-order valence-electron chi connectivity index (χ3n) is 4.85. The van der Waals surface area contributed by atoms with Gasteiger partial charge in [-0.25, -0.2) is 0 Å². The predicted molar refractivity (Wildman–Crippen MR) is 86.7 cm³/mol. The van der Waals surface area contributed by atoms with Gasteiger partial charge >= 0.3 is 0 Å². The van der Waals surface area contributed by atoms with Crippen LogP contribution in [0.25, 0.3) is 0 Å². The van der Waals surface area contributed by atoms with Crippen LogP contribution in [0, 0.1) is 13.8 Å². The summed E-state index contributed by atoms with van der Waals surface area (Å²) < 4.78 is 5.92. The average molecular weight is 288 g/mol. The van der Waals surface area contributed by atoms with E-state index in [0.29, 0.717) is 18.2 Å². The van der Waals surface area contributed by atoms with E-state index in [1.807, 2.05) is 0 Å². The zero-order valence-corrected chi connectivity index (χ0v) is 13.6. The van der Waals surface area contributed by atoms with Crippen molar-refractivity contribution >= 4 is 0 Å². The standard InChI is InChI=1S/C18H28N2O/c1-13-8-14(2)10-15(9-13)18(19-3)6-7-20-11-16-4-5-17(12-20)21-16/h8-10,16-19H,4-7,11-12H2,1-3H3. The quantitative estimate of drug-likeness (QED) is 0.901. The second-order valence-electron chi connectivity index (χ2n) is 6.77. The van der Waals surface area contributed by atoms with Crippen LogP contribution in [0.2, 0.25) is 0 Å². The molecule has 21 heavy (non-hydrogen) atoms. The van der Waals surface area contributed by atoms with E-state index in [0.717, 1.165) is 19.6 Å². The van der Waals surface area contributed by atoms with Crippen LogP contribution < -0.4 is 5.32 Å². The molecule has 1 aromatic rings. The molecule has 2 saturated heterocycles. The number of nitrogens with one attached hydrogen (secondary N) is 1. The molecule has 116 valence electrons. The molecule has 0 radical (unpaired) electrons. The highest BCUT2D eigenvalue weighted by atomic mass is 16.5. The van der Waals surface area contributed by atoms with Crippen LogP contribution in [-0.4, -0.2) is 43.8 Å². The van der Waals surface area contributed by atoms with Gasteiger partial charge in [-0.3, -0.25) is 4.90 Å². The van der Waals surface area contributed by atoms with Crippen molar-refractivity contribution in [2.45, 2.75) is 51.4 Å². The molecule has 3 rings (SSSR count). The van der Waals surface area contributed by atoms with Crippen molar-refractivity contribution in [2.75, 3.05) is 26.7 Å². The zero-order chi connectivity index (χ0) is 14.8. The Hall–Kier alpha value is -0.900. The molecule has 2 fully saturated rings. The smallest absolute Gasteiger partial charge is 0.0707 e. The minimum absolute atomic E-state index is 0.448. The lowest BCUT2D eigenvalue weighted by atomic mass is 9.99. The number of aryl methyl sites for hydroxylation is 2. The second-order valence-corrected chi connectivity index (χ2v) is 6.77. The van der Waals surface area contributed by atoms with Crippen molar-refractivity contribution in [3.05, 3.63) is 34.9 Å². The first-order valence-electron chi connectivity index (χ1n) is 8.27. The van der Waals surface area contributed by atoms with Crippen molar-refractivity contribution in [1.29, 1.82) is 0 Å². The van der Waals surface area contributed by atoms with Gasteiger partial charge in [-0.1, -0.05) is 29.3 Å². The summed E-state index contributed by atoms with van der Waals surface area (Å²) in [5.41, 5.74) is 4.13. The molecular weight excluding hydrogens is 260 g/mol. The van der Waals surface area contributed by atoms with Crippen LogP contribution in [-0.2, 0) is 4.74 Å². The van der Waals surface area contributed by atoms with Gasteiger partial charge in [0.15, 0.2) is 0 Å². The molecule has 2 bridgehead atoms. The molecule has 3 unspecified atom stereocenters. The van der Waals surface area contributed by atoms with Crippen LogP contribution in [0.3, 0.4) is 0 Å². The number of fused-ring (bicyclic) bond motifs is 2. The normalized spacial score (nSPS) is 27.0. The van der Waals surface area contributed by atoms with Crippen LogP contribution in [0.5, 0.6) is 0 Å². The predicted octanol–water partition coefficient (Wildman–Crippen LogP) is 2.82. The summed E-state index contributed by atoms with van der Waals surface area (Å²) in [6.45, 7) is 7.78. The molecule has 0 aromatic heterocycles. The van der Waals surface area contributed by atoms with E-state index in [9.17, 15) is 0 Å². The molecule has 2 heterocycles. The maximum Gasteiger partial charge on any atom is 0.0707 e. The summed E-state index contributed by atoms with van der Waals surface area (Å²) in [5.74, 6) is 0. The molecule has 0 aliphatic carbocycles. The third-order valence-corrected chi connectivity index (χ3v) is 4.85. The molecule has 2 aliphatic rings. The fraction of sp³-hybridized carbons (Fsp3) is 0.667. The molecule has 0 saturated carbocycles. The number of hydrogen-bond acceptors (Lipinski definition) is 3. The lowest BCUT2D eigenvalue weighted by Crippen LogP contribution is -2.43. The molecule has 0 spiro atoms. The molecule has 2 aliphatic heterocycles. The maximum atomic E-state index is 5.92. The Bertz CT molecular complexity index is 456. The number of ether oxygens (including phenoxy) is 1. The first-order chi connectivity index (χ1) is 10.1. The third kappa shape index (κ3) is 3.65. The Balaban J connectivity index is 1.59. The van der Waals surface area contributed by atoms with Gasteiger partial charge in [0.05, 0.1) is 12.2 Å². The van der Waals surface area contributed by atoms with Crippen molar-refractivity contribution in [1.82, 2.24) is 10.2 Å². The summed E-state index contributed by atoms with van der Waals surface area (Å²) in [6, 6.07) is 7.33. The fourth-order valence-corrected chi connectivity index (χ4v) is 3.88. The number of rotatable bonds is 5. The minimum atomic E-state index is 0.448. The van der Waals surface area contributed by atoms with Gasteiger partial charge in [0.25, 0.3) is 0 Å². The molecular formula is C18H28N2O. The summed E-state index contributed by atoms with van der Waals surface area (Å²) in [7, 11) is 2.07. The zero-order valence-electron chi connectivity index (χ0n) is 13.6. The van der Waals surface area contributed by atoms with E-state index < -0.39 is 0 Å². The molecule has 1 N–H and O–H groups in total. The summed E-state index contributed by atoms with van der Waals surface area (Å²) in [6.07, 6.45) is 4.68. The number of likely N-dealkylation sites (tertiary alicyclic amines) is 1. The summed E-state index contributed by atoms with van der Waals surface area (Å²) >= 11 is 0. The maximum absolute atomic E-state index is 5.92. The van der Waals surface area contributed by atoms with E-state index in [-0.39, 0.29) is 0 Å². The van der Waals surface area contributed by atoms with E-state index in [2.05, 4.69) is 49.3 Å². The first kappa shape index (κ1) is 15.0. The summed E-state index contributed by atoms with van der Waals surface area (Å²) in [4.78, 5) is 2.60. The van der Waals surface area contributed by atoms with Crippen molar-refractivity contribution in [3.63, 3.8) is 0 Å². The SMILES string of the molecule is CNC(CCN1CC2CCC(C1)O2)c1cc(C)cc(C)c1. The number of benzene rings is 1.